The highest BCUT2D eigenvalue weighted by Gasteiger charge is 2.42. The van der Waals surface area contributed by atoms with Crippen molar-refractivity contribution < 1.29 is 14.7 Å². The van der Waals surface area contributed by atoms with E-state index in [0.717, 1.165) is 23.3 Å². The lowest BCUT2D eigenvalue weighted by atomic mass is 9.79. The van der Waals surface area contributed by atoms with E-state index in [1.54, 1.807) is 0 Å². The van der Waals surface area contributed by atoms with Gasteiger partial charge in [-0.05, 0) is 36.0 Å². The van der Waals surface area contributed by atoms with Crippen LogP contribution >= 0.6 is 0 Å². The van der Waals surface area contributed by atoms with E-state index in [0.29, 0.717) is 25.8 Å². The van der Waals surface area contributed by atoms with Crippen LogP contribution in [-0.2, 0) is 9.63 Å². The number of aliphatic hydroxyl groups is 1. The number of benzene rings is 2. The summed E-state index contributed by atoms with van der Waals surface area (Å²) in [5.41, 5.74) is 3.07. The summed E-state index contributed by atoms with van der Waals surface area (Å²) < 4.78 is 0. The molecular weight excluding hydrogens is 328 g/mol. The van der Waals surface area contributed by atoms with Crippen LogP contribution in [0.2, 0.25) is 0 Å². The molecule has 4 rings (SSSR count). The molecule has 2 aliphatic rings. The fraction of sp³-hybridized carbons (Fsp3) is 0.333. The van der Waals surface area contributed by atoms with Crippen LogP contribution in [0.1, 0.15) is 31.2 Å². The first-order valence-electron chi connectivity index (χ1n) is 9.03. The van der Waals surface area contributed by atoms with Gasteiger partial charge in [-0.3, -0.25) is 4.79 Å². The second-order valence-electron chi connectivity index (χ2n) is 7.01. The van der Waals surface area contributed by atoms with Crippen molar-refractivity contribution in [1.29, 1.82) is 0 Å². The van der Waals surface area contributed by atoms with Crippen molar-refractivity contribution in [2.75, 3.05) is 6.54 Å². The Morgan fingerprint density at radius 1 is 1.08 bits per heavy atom. The molecule has 26 heavy (non-hydrogen) atoms. The zero-order chi connectivity index (χ0) is 18.0. The molecule has 2 aromatic rings. The van der Waals surface area contributed by atoms with Crippen molar-refractivity contribution >= 4 is 11.6 Å². The summed E-state index contributed by atoms with van der Waals surface area (Å²) in [4.78, 5) is 17.4. The first kappa shape index (κ1) is 16.8. The van der Waals surface area contributed by atoms with Crippen LogP contribution in [0.3, 0.4) is 0 Å². The maximum Gasteiger partial charge on any atom is 0.252 e. The van der Waals surface area contributed by atoms with Crippen molar-refractivity contribution in [3.05, 3.63) is 60.2 Å². The highest BCUT2D eigenvalue weighted by Crippen LogP contribution is 2.31. The van der Waals surface area contributed by atoms with Gasteiger partial charge in [0.2, 0.25) is 0 Å². The van der Waals surface area contributed by atoms with E-state index in [1.165, 1.54) is 5.56 Å². The van der Waals surface area contributed by atoms with Crippen molar-refractivity contribution in [1.82, 2.24) is 5.32 Å². The molecule has 1 saturated carbocycles. The van der Waals surface area contributed by atoms with E-state index in [-0.39, 0.29) is 12.0 Å². The SMILES string of the molecule is O=C(NCC1CC(c2ccc(-c3ccccc3)cc2)=NO1)C1(O)CCC1. The highest BCUT2D eigenvalue weighted by atomic mass is 16.6. The van der Waals surface area contributed by atoms with Gasteiger partial charge in [0.15, 0.2) is 0 Å². The molecule has 1 aliphatic carbocycles. The molecule has 5 nitrogen and oxygen atoms in total. The van der Waals surface area contributed by atoms with Crippen molar-refractivity contribution in [3.8, 4) is 11.1 Å². The number of carbonyl (C=O) groups is 1. The third-order valence-corrected chi connectivity index (χ3v) is 5.15. The standard InChI is InChI=1S/C21H22N2O3/c24-20(21(25)11-4-12-21)22-14-18-13-19(23-26-18)17-9-7-16(8-10-17)15-5-2-1-3-6-15/h1-3,5-10,18,25H,4,11-14H2,(H,22,24). The van der Waals surface area contributed by atoms with Gasteiger partial charge in [-0.1, -0.05) is 59.8 Å². The monoisotopic (exact) mass is 350 g/mol. The van der Waals surface area contributed by atoms with Gasteiger partial charge in [0, 0.05) is 6.42 Å². The number of amides is 1. The predicted molar refractivity (Wildman–Crippen MR) is 99.7 cm³/mol. The van der Waals surface area contributed by atoms with Crippen molar-refractivity contribution in [3.63, 3.8) is 0 Å². The summed E-state index contributed by atoms with van der Waals surface area (Å²) in [5.74, 6) is -0.298. The average Bonchev–Trinajstić information content (AvgIpc) is 3.14. The molecule has 1 atom stereocenters. The van der Waals surface area contributed by atoms with E-state index in [9.17, 15) is 9.90 Å². The third kappa shape index (κ3) is 3.35. The lowest BCUT2D eigenvalue weighted by molar-refractivity contribution is -0.149. The Kier molecular flexibility index (Phi) is 4.47. The molecule has 1 amide bonds. The molecule has 0 radical (unpaired) electrons. The zero-order valence-corrected chi connectivity index (χ0v) is 14.5. The predicted octanol–water partition coefficient (Wildman–Crippen LogP) is 2.88. The van der Waals surface area contributed by atoms with Crippen molar-refractivity contribution in [2.45, 2.75) is 37.4 Å². The summed E-state index contributed by atoms with van der Waals surface area (Å²) in [7, 11) is 0. The molecule has 0 bridgehead atoms. The quantitative estimate of drug-likeness (QED) is 0.871. The molecule has 0 spiro atoms. The summed E-state index contributed by atoms with van der Waals surface area (Å²) in [6, 6.07) is 18.5. The first-order valence-corrected chi connectivity index (χ1v) is 9.03. The minimum Gasteiger partial charge on any atom is -0.390 e. The van der Waals surface area contributed by atoms with Crippen LogP contribution in [0.25, 0.3) is 11.1 Å². The molecule has 1 heterocycles. The third-order valence-electron chi connectivity index (χ3n) is 5.15. The van der Waals surface area contributed by atoms with Crippen molar-refractivity contribution in [2.24, 2.45) is 5.16 Å². The van der Waals surface area contributed by atoms with Crippen LogP contribution in [-0.4, -0.2) is 35.0 Å². The Morgan fingerprint density at radius 2 is 1.73 bits per heavy atom. The normalized spacial score (nSPS) is 20.7. The zero-order valence-electron chi connectivity index (χ0n) is 14.5. The number of nitrogens with one attached hydrogen (secondary N) is 1. The van der Waals surface area contributed by atoms with E-state index in [2.05, 4.69) is 34.7 Å². The van der Waals surface area contributed by atoms with Gasteiger partial charge in [-0.15, -0.1) is 0 Å². The number of nitrogens with zero attached hydrogens (tertiary/aromatic N) is 1. The molecule has 0 saturated heterocycles. The Bertz CT molecular complexity index is 811. The number of carbonyl (C=O) groups excluding carboxylic acids is 1. The number of rotatable bonds is 5. The van der Waals surface area contributed by atoms with Gasteiger partial charge >= 0.3 is 0 Å². The summed E-state index contributed by atoms with van der Waals surface area (Å²) in [6.07, 6.45) is 2.44. The van der Waals surface area contributed by atoms with E-state index in [1.807, 2.05) is 30.3 Å². The second-order valence-corrected chi connectivity index (χ2v) is 7.01. The average molecular weight is 350 g/mol. The molecule has 1 fully saturated rings. The fourth-order valence-corrected chi connectivity index (χ4v) is 3.30. The largest absolute Gasteiger partial charge is 0.390 e. The number of oxime groups is 1. The topological polar surface area (TPSA) is 70.9 Å². The second kappa shape index (κ2) is 6.92. The highest BCUT2D eigenvalue weighted by molar-refractivity contribution is 6.01. The van der Waals surface area contributed by atoms with Gasteiger partial charge < -0.3 is 15.3 Å². The van der Waals surface area contributed by atoms with Crippen LogP contribution < -0.4 is 5.32 Å². The molecule has 5 heteroatoms. The Balaban J connectivity index is 1.33. The summed E-state index contributed by atoms with van der Waals surface area (Å²) >= 11 is 0. The lowest BCUT2D eigenvalue weighted by Crippen LogP contribution is -2.52. The van der Waals surface area contributed by atoms with Gasteiger partial charge in [-0.2, -0.15) is 0 Å². The molecule has 0 aromatic heterocycles. The smallest absolute Gasteiger partial charge is 0.252 e. The van der Waals surface area contributed by atoms with E-state index >= 15 is 0 Å². The van der Waals surface area contributed by atoms with E-state index < -0.39 is 5.60 Å². The first-order chi connectivity index (χ1) is 12.6. The van der Waals surface area contributed by atoms with Crippen LogP contribution in [0, 0.1) is 0 Å². The molecule has 1 unspecified atom stereocenters. The Labute approximate surface area is 152 Å². The number of hydrogen-bond donors (Lipinski definition) is 2. The Hall–Kier alpha value is -2.66. The molecular formula is C21H22N2O3. The lowest BCUT2D eigenvalue weighted by Gasteiger charge is -2.34. The fourth-order valence-electron chi connectivity index (χ4n) is 3.30. The maximum atomic E-state index is 12.0. The molecule has 2 N–H and O–H groups in total. The van der Waals surface area contributed by atoms with E-state index in [4.69, 9.17) is 4.84 Å². The molecule has 2 aromatic carbocycles. The molecule has 134 valence electrons. The number of hydrogen-bond acceptors (Lipinski definition) is 4. The van der Waals surface area contributed by atoms with Gasteiger partial charge in [0.05, 0.1) is 12.3 Å². The van der Waals surface area contributed by atoms with Gasteiger partial charge in [0.25, 0.3) is 5.91 Å². The minimum absolute atomic E-state index is 0.188. The van der Waals surface area contributed by atoms with Crippen LogP contribution in [0.5, 0.6) is 0 Å². The minimum atomic E-state index is -1.17. The maximum absolute atomic E-state index is 12.0. The van der Waals surface area contributed by atoms with Crippen LogP contribution in [0.15, 0.2) is 59.8 Å². The summed E-state index contributed by atoms with van der Waals surface area (Å²) in [5, 5.41) is 17.0. The van der Waals surface area contributed by atoms with Gasteiger partial charge in [0.1, 0.15) is 11.7 Å². The van der Waals surface area contributed by atoms with Crippen LogP contribution in [0.4, 0.5) is 0 Å². The Morgan fingerprint density at radius 3 is 2.38 bits per heavy atom. The van der Waals surface area contributed by atoms with Gasteiger partial charge in [-0.25, -0.2) is 0 Å². The molecule has 1 aliphatic heterocycles. The summed E-state index contributed by atoms with van der Waals surface area (Å²) in [6.45, 7) is 0.357.